The van der Waals surface area contributed by atoms with Crippen molar-refractivity contribution in [1.29, 1.82) is 0 Å². The van der Waals surface area contributed by atoms with E-state index in [4.69, 9.17) is 15.2 Å². The third-order valence-corrected chi connectivity index (χ3v) is 3.89. The molecule has 0 atom stereocenters. The predicted molar refractivity (Wildman–Crippen MR) is 92.9 cm³/mol. The lowest BCUT2D eigenvalue weighted by atomic mass is 10.1. The van der Waals surface area contributed by atoms with Gasteiger partial charge < -0.3 is 15.2 Å². The lowest BCUT2D eigenvalue weighted by molar-refractivity contribution is 0.282. The maximum atomic E-state index is 6.06. The van der Waals surface area contributed by atoms with Crippen LogP contribution in [0.4, 0.5) is 5.69 Å². The Morgan fingerprint density at radius 2 is 1.83 bits per heavy atom. The van der Waals surface area contributed by atoms with E-state index >= 15 is 0 Å². The van der Waals surface area contributed by atoms with E-state index in [9.17, 15) is 0 Å². The maximum Gasteiger partial charge on any atom is 0.183 e. The molecule has 0 spiro atoms. The zero-order valence-corrected chi connectivity index (χ0v) is 14.1. The Morgan fingerprint density at radius 1 is 1.09 bits per heavy atom. The van der Waals surface area contributed by atoms with Crippen molar-refractivity contribution in [3.63, 3.8) is 0 Å². The van der Waals surface area contributed by atoms with Crippen LogP contribution in [0.1, 0.15) is 18.1 Å². The van der Waals surface area contributed by atoms with Crippen molar-refractivity contribution in [3.05, 3.63) is 47.8 Å². The normalized spacial score (nSPS) is 10.8. The first-order chi connectivity index (χ1) is 11.2. The summed E-state index contributed by atoms with van der Waals surface area (Å²) in [7, 11) is 3.23. The monoisotopic (exact) mass is 315 g/mol. The van der Waals surface area contributed by atoms with E-state index < -0.39 is 0 Å². The Bertz CT molecular complexity index is 617. The van der Waals surface area contributed by atoms with E-state index in [0.29, 0.717) is 17.2 Å². The van der Waals surface area contributed by atoms with Crippen LogP contribution in [0, 0.1) is 0 Å². The molecule has 23 heavy (non-hydrogen) atoms. The summed E-state index contributed by atoms with van der Waals surface area (Å²) in [5.74, 6) is 1.27. The highest BCUT2D eigenvalue weighted by molar-refractivity contribution is 5.62. The van der Waals surface area contributed by atoms with Crippen LogP contribution < -0.4 is 15.2 Å². The molecule has 0 bridgehead atoms. The van der Waals surface area contributed by atoms with Gasteiger partial charge in [0.2, 0.25) is 0 Å². The molecule has 0 aliphatic carbocycles. The number of likely N-dealkylation sites (N-methyl/N-ethyl adjacent to an activating group) is 1. The minimum atomic E-state index is 0.594. The van der Waals surface area contributed by atoms with E-state index in [-0.39, 0.29) is 0 Å². The van der Waals surface area contributed by atoms with Gasteiger partial charge in [0.25, 0.3) is 0 Å². The first-order valence-electron chi connectivity index (χ1n) is 7.79. The van der Waals surface area contributed by atoms with E-state index in [1.165, 1.54) is 5.56 Å². The molecule has 0 fully saturated rings. The number of nitrogens with zero attached hydrogens (tertiary/aromatic N) is 2. The van der Waals surface area contributed by atoms with E-state index in [1.54, 1.807) is 14.2 Å². The van der Waals surface area contributed by atoms with Gasteiger partial charge in [0.1, 0.15) is 0 Å². The van der Waals surface area contributed by atoms with Crippen LogP contribution in [0.15, 0.2) is 36.7 Å². The SMILES string of the molecule is CCN(CCc1ccncc1)Cc1cc(N)c(OC)c(OC)c1. The summed E-state index contributed by atoms with van der Waals surface area (Å²) in [6.45, 7) is 4.94. The topological polar surface area (TPSA) is 60.6 Å². The Morgan fingerprint density at radius 3 is 2.43 bits per heavy atom. The molecule has 0 saturated heterocycles. The van der Waals surface area contributed by atoms with Crippen LogP contribution in [0.25, 0.3) is 0 Å². The molecule has 0 radical (unpaired) electrons. The highest BCUT2D eigenvalue weighted by Crippen LogP contribution is 2.34. The van der Waals surface area contributed by atoms with Crippen LogP contribution >= 0.6 is 0 Å². The largest absolute Gasteiger partial charge is 0.493 e. The smallest absolute Gasteiger partial charge is 0.183 e. The first-order valence-corrected chi connectivity index (χ1v) is 7.79. The van der Waals surface area contributed by atoms with Crippen molar-refractivity contribution >= 4 is 5.69 Å². The molecule has 2 N–H and O–H groups in total. The molecule has 2 rings (SSSR count). The molecule has 0 aliphatic heterocycles. The molecule has 1 aromatic carbocycles. The number of rotatable bonds is 8. The zero-order chi connectivity index (χ0) is 16.7. The summed E-state index contributed by atoms with van der Waals surface area (Å²) in [5.41, 5.74) is 9.08. The number of nitrogens with two attached hydrogens (primary N) is 1. The van der Waals surface area contributed by atoms with Crippen LogP contribution in [0.5, 0.6) is 11.5 Å². The van der Waals surface area contributed by atoms with E-state index in [0.717, 1.165) is 31.6 Å². The third kappa shape index (κ3) is 4.60. The molecular formula is C18H25N3O2. The summed E-state index contributed by atoms with van der Waals surface area (Å²) in [6, 6.07) is 8.06. The highest BCUT2D eigenvalue weighted by atomic mass is 16.5. The van der Waals surface area contributed by atoms with Gasteiger partial charge >= 0.3 is 0 Å². The first kappa shape index (κ1) is 17.1. The quantitative estimate of drug-likeness (QED) is 0.759. The van der Waals surface area contributed by atoms with Crippen LogP contribution in [0.2, 0.25) is 0 Å². The third-order valence-electron chi connectivity index (χ3n) is 3.89. The number of hydrogen-bond acceptors (Lipinski definition) is 5. The number of benzene rings is 1. The number of nitrogen functional groups attached to an aromatic ring is 1. The number of ether oxygens (including phenoxy) is 2. The molecule has 0 unspecified atom stereocenters. The molecule has 2 aromatic rings. The van der Waals surface area contributed by atoms with E-state index in [1.807, 2.05) is 24.5 Å². The van der Waals surface area contributed by atoms with Gasteiger partial charge in [-0.05, 0) is 48.4 Å². The summed E-state index contributed by atoms with van der Waals surface area (Å²) >= 11 is 0. The average molecular weight is 315 g/mol. The van der Waals surface area contributed by atoms with Gasteiger partial charge in [0.15, 0.2) is 11.5 Å². The standard InChI is InChI=1S/C18H25N3O2/c1-4-21(10-7-14-5-8-20-9-6-14)13-15-11-16(19)18(23-3)17(12-15)22-2/h5-6,8-9,11-12H,4,7,10,13,19H2,1-3H3. The number of pyridine rings is 1. The Labute approximate surface area is 138 Å². The molecule has 1 heterocycles. The van der Waals surface area contributed by atoms with Gasteiger partial charge in [-0.25, -0.2) is 0 Å². The molecular weight excluding hydrogens is 290 g/mol. The lowest BCUT2D eigenvalue weighted by Gasteiger charge is -2.21. The van der Waals surface area contributed by atoms with Gasteiger partial charge in [-0.1, -0.05) is 6.92 Å². The average Bonchev–Trinajstić information content (AvgIpc) is 2.58. The summed E-state index contributed by atoms with van der Waals surface area (Å²) in [4.78, 5) is 6.43. The van der Waals surface area contributed by atoms with E-state index in [2.05, 4.69) is 28.9 Å². The van der Waals surface area contributed by atoms with Gasteiger partial charge in [-0.15, -0.1) is 0 Å². The van der Waals surface area contributed by atoms with Crippen molar-refractivity contribution in [2.75, 3.05) is 33.0 Å². The summed E-state index contributed by atoms with van der Waals surface area (Å²) < 4.78 is 10.7. The minimum absolute atomic E-state index is 0.594. The van der Waals surface area contributed by atoms with Crippen molar-refractivity contribution in [2.24, 2.45) is 0 Å². The molecule has 1 aromatic heterocycles. The fourth-order valence-corrected chi connectivity index (χ4v) is 2.59. The second-order valence-corrected chi connectivity index (χ2v) is 5.39. The van der Waals surface area contributed by atoms with Gasteiger partial charge in [0, 0.05) is 25.5 Å². The number of methoxy groups -OCH3 is 2. The van der Waals surface area contributed by atoms with Gasteiger partial charge in [-0.2, -0.15) is 0 Å². The highest BCUT2D eigenvalue weighted by Gasteiger charge is 2.12. The molecule has 5 heteroatoms. The van der Waals surface area contributed by atoms with Crippen molar-refractivity contribution in [3.8, 4) is 11.5 Å². The van der Waals surface area contributed by atoms with Crippen LogP contribution in [-0.4, -0.2) is 37.2 Å². The Kier molecular flexibility index (Phi) is 6.23. The van der Waals surface area contributed by atoms with Gasteiger partial charge in [0.05, 0.1) is 19.9 Å². The van der Waals surface area contributed by atoms with Crippen molar-refractivity contribution < 1.29 is 9.47 Å². The minimum Gasteiger partial charge on any atom is -0.493 e. The molecule has 0 amide bonds. The fraction of sp³-hybridized carbons (Fsp3) is 0.389. The van der Waals surface area contributed by atoms with Crippen molar-refractivity contribution in [2.45, 2.75) is 19.9 Å². The molecule has 0 aliphatic rings. The number of aromatic nitrogens is 1. The summed E-state index contributed by atoms with van der Waals surface area (Å²) in [5, 5.41) is 0. The number of hydrogen-bond donors (Lipinski definition) is 1. The second-order valence-electron chi connectivity index (χ2n) is 5.39. The Hall–Kier alpha value is -2.27. The zero-order valence-electron chi connectivity index (χ0n) is 14.1. The summed E-state index contributed by atoms with van der Waals surface area (Å²) in [6.07, 6.45) is 4.67. The molecule has 124 valence electrons. The predicted octanol–water partition coefficient (Wildman–Crippen LogP) is 2.75. The van der Waals surface area contributed by atoms with Gasteiger partial charge in [-0.3, -0.25) is 9.88 Å². The maximum absolute atomic E-state index is 6.06. The molecule has 5 nitrogen and oxygen atoms in total. The van der Waals surface area contributed by atoms with Crippen molar-refractivity contribution in [1.82, 2.24) is 9.88 Å². The second kappa shape index (κ2) is 8.39. The van der Waals surface area contributed by atoms with Crippen LogP contribution in [-0.2, 0) is 13.0 Å². The number of anilines is 1. The fourth-order valence-electron chi connectivity index (χ4n) is 2.59. The Balaban J connectivity index is 2.05. The molecule has 0 saturated carbocycles. The lowest BCUT2D eigenvalue weighted by Crippen LogP contribution is -2.25. The van der Waals surface area contributed by atoms with Crippen LogP contribution in [0.3, 0.4) is 0 Å².